The first kappa shape index (κ1) is 12.3. The molecule has 1 atom stereocenters. The number of hydrogen-bond donors (Lipinski definition) is 0. The summed E-state index contributed by atoms with van der Waals surface area (Å²) in [5.74, 6) is 0.914. The van der Waals surface area contributed by atoms with E-state index >= 15 is 0 Å². The highest BCUT2D eigenvalue weighted by Crippen LogP contribution is 2.19. The second-order valence-corrected chi connectivity index (χ2v) is 4.39. The third-order valence-electron chi connectivity index (χ3n) is 3.02. The Bertz CT molecular complexity index is 229. The van der Waals surface area contributed by atoms with Crippen molar-refractivity contribution >= 4 is 0 Å². The molecule has 0 saturated heterocycles. The monoisotopic (exact) mass is 208 g/mol. The molecule has 1 unspecified atom stereocenters. The van der Waals surface area contributed by atoms with Gasteiger partial charge in [0.05, 0.1) is 6.33 Å². The van der Waals surface area contributed by atoms with Crippen LogP contribution in [-0.4, -0.2) is 9.55 Å². The Kier molecular flexibility index (Phi) is 6.14. The molecule has 0 aliphatic rings. The smallest absolute Gasteiger partial charge is 0.0945 e. The summed E-state index contributed by atoms with van der Waals surface area (Å²) >= 11 is 0. The van der Waals surface area contributed by atoms with Crippen LogP contribution in [0.5, 0.6) is 0 Å². The molecule has 0 aliphatic heterocycles. The van der Waals surface area contributed by atoms with Crippen LogP contribution in [0, 0.1) is 5.92 Å². The van der Waals surface area contributed by atoms with E-state index in [1.54, 1.807) is 0 Å². The first-order valence-corrected chi connectivity index (χ1v) is 6.32. The molecule has 86 valence electrons. The Morgan fingerprint density at radius 1 is 1.13 bits per heavy atom. The first-order chi connectivity index (χ1) is 7.36. The summed E-state index contributed by atoms with van der Waals surface area (Å²) < 4.78 is 2.19. The van der Waals surface area contributed by atoms with Crippen molar-refractivity contribution in [2.24, 2.45) is 5.92 Å². The Morgan fingerprint density at radius 3 is 2.60 bits per heavy atom. The molecule has 0 radical (unpaired) electrons. The van der Waals surface area contributed by atoms with Gasteiger partial charge in [-0.25, -0.2) is 4.98 Å². The zero-order valence-electron chi connectivity index (χ0n) is 10.2. The molecule has 1 rings (SSSR count). The fourth-order valence-electron chi connectivity index (χ4n) is 2.08. The number of hydrogen-bond acceptors (Lipinski definition) is 1. The SMILES string of the molecule is CCCCC(CCC)CCn1ccnc1. The van der Waals surface area contributed by atoms with Gasteiger partial charge < -0.3 is 4.57 Å². The minimum Gasteiger partial charge on any atom is -0.337 e. The quantitative estimate of drug-likeness (QED) is 0.634. The lowest BCUT2D eigenvalue weighted by Gasteiger charge is -2.15. The van der Waals surface area contributed by atoms with Crippen LogP contribution in [0.25, 0.3) is 0 Å². The summed E-state index contributed by atoms with van der Waals surface area (Å²) in [6, 6.07) is 0. The summed E-state index contributed by atoms with van der Waals surface area (Å²) in [6.45, 7) is 5.70. The molecule has 0 N–H and O–H groups in total. The first-order valence-electron chi connectivity index (χ1n) is 6.32. The highest BCUT2D eigenvalue weighted by atomic mass is 15.0. The molecule has 2 nitrogen and oxygen atoms in total. The normalized spacial score (nSPS) is 12.9. The standard InChI is InChI=1S/C13H24N2/c1-3-5-7-13(6-4-2)8-10-15-11-9-14-12-15/h9,11-13H,3-8,10H2,1-2H3. The summed E-state index contributed by atoms with van der Waals surface area (Å²) in [4.78, 5) is 4.07. The van der Waals surface area contributed by atoms with Gasteiger partial charge in [-0.3, -0.25) is 0 Å². The molecule has 1 aromatic heterocycles. The maximum atomic E-state index is 4.07. The molecule has 0 bridgehead atoms. The van der Waals surface area contributed by atoms with Crippen molar-refractivity contribution in [3.8, 4) is 0 Å². The molecule has 0 spiro atoms. The van der Waals surface area contributed by atoms with Crippen molar-refractivity contribution in [3.63, 3.8) is 0 Å². The summed E-state index contributed by atoms with van der Waals surface area (Å²) in [6.07, 6.45) is 14.0. The van der Waals surface area contributed by atoms with Gasteiger partial charge in [0.15, 0.2) is 0 Å². The summed E-state index contributed by atoms with van der Waals surface area (Å²) in [7, 11) is 0. The van der Waals surface area contributed by atoms with E-state index < -0.39 is 0 Å². The zero-order valence-corrected chi connectivity index (χ0v) is 10.2. The van der Waals surface area contributed by atoms with Crippen molar-refractivity contribution in [3.05, 3.63) is 18.7 Å². The average molecular weight is 208 g/mol. The highest BCUT2D eigenvalue weighted by molar-refractivity contribution is 4.74. The summed E-state index contributed by atoms with van der Waals surface area (Å²) in [5.41, 5.74) is 0. The Hall–Kier alpha value is -0.790. The Morgan fingerprint density at radius 2 is 2.00 bits per heavy atom. The molecule has 2 heteroatoms. The van der Waals surface area contributed by atoms with Gasteiger partial charge >= 0.3 is 0 Å². The van der Waals surface area contributed by atoms with E-state index in [0.29, 0.717) is 0 Å². The predicted molar refractivity (Wildman–Crippen MR) is 64.8 cm³/mol. The molecule has 0 fully saturated rings. The van der Waals surface area contributed by atoms with Crippen LogP contribution in [-0.2, 0) is 6.54 Å². The van der Waals surface area contributed by atoms with E-state index in [9.17, 15) is 0 Å². The summed E-state index contributed by atoms with van der Waals surface area (Å²) in [5, 5.41) is 0. The van der Waals surface area contributed by atoms with Gasteiger partial charge in [0.2, 0.25) is 0 Å². The third kappa shape index (κ3) is 5.01. The maximum Gasteiger partial charge on any atom is 0.0945 e. The van der Waals surface area contributed by atoms with Crippen LogP contribution in [0.2, 0.25) is 0 Å². The van der Waals surface area contributed by atoms with E-state index in [4.69, 9.17) is 0 Å². The number of aromatic nitrogens is 2. The highest BCUT2D eigenvalue weighted by Gasteiger charge is 2.06. The third-order valence-corrected chi connectivity index (χ3v) is 3.02. The number of nitrogens with zero attached hydrogens (tertiary/aromatic N) is 2. The molecule has 0 amide bonds. The largest absolute Gasteiger partial charge is 0.337 e. The number of unbranched alkanes of at least 4 members (excludes halogenated alkanes) is 1. The minimum absolute atomic E-state index is 0.914. The van der Waals surface area contributed by atoms with Crippen molar-refractivity contribution < 1.29 is 0 Å². The molecule has 1 heterocycles. The van der Waals surface area contributed by atoms with Crippen LogP contribution in [0.15, 0.2) is 18.7 Å². The van der Waals surface area contributed by atoms with Gasteiger partial charge in [-0.15, -0.1) is 0 Å². The Labute approximate surface area is 93.7 Å². The van der Waals surface area contributed by atoms with E-state index in [0.717, 1.165) is 12.5 Å². The molecule has 1 aromatic rings. The maximum absolute atomic E-state index is 4.07. The second kappa shape index (κ2) is 7.49. The molecule has 0 saturated carbocycles. The lowest BCUT2D eigenvalue weighted by molar-refractivity contribution is 0.378. The second-order valence-electron chi connectivity index (χ2n) is 4.39. The van der Waals surface area contributed by atoms with Crippen molar-refractivity contribution in [2.75, 3.05) is 0 Å². The number of imidazole rings is 1. The van der Waals surface area contributed by atoms with Crippen LogP contribution in [0.1, 0.15) is 52.4 Å². The van der Waals surface area contributed by atoms with Crippen LogP contribution in [0.4, 0.5) is 0 Å². The molecular weight excluding hydrogens is 184 g/mol. The lowest BCUT2D eigenvalue weighted by Crippen LogP contribution is -2.05. The van der Waals surface area contributed by atoms with Crippen LogP contribution >= 0.6 is 0 Å². The van der Waals surface area contributed by atoms with Crippen molar-refractivity contribution in [1.82, 2.24) is 9.55 Å². The molecule has 0 aliphatic carbocycles. The van der Waals surface area contributed by atoms with Crippen LogP contribution < -0.4 is 0 Å². The van der Waals surface area contributed by atoms with Gasteiger partial charge in [0.25, 0.3) is 0 Å². The molecule has 0 aromatic carbocycles. The van der Waals surface area contributed by atoms with E-state index in [2.05, 4.69) is 29.6 Å². The van der Waals surface area contributed by atoms with Crippen molar-refractivity contribution in [1.29, 1.82) is 0 Å². The topological polar surface area (TPSA) is 17.8 Å². The van der Waals surface area contributed by atoms with Gasteiger partial charge in [-0.1, -0.05) is 46.0 Å². The molecular formula is C13H24N2. The fourth-order valence-corrected chi connectivity index (χ4v) is 2.08. The lowest BCUT2D eigenvalue weighted by atomic mass is 9.94. The zero-order chi connectivity index (χ0) is 10.9. The van der Waals surface area contributed by atoms with Gasteiger partial charge in [-0.2, -0.15) is 0 Å². The predicted octanol–water partition coefficient (Wildman–Crippen LogP) is 3.88. The average Bonchev–Trinajstić information content (AvgIpc) is 2.75. The fraction of sp³-hybridized carbons (Fsp3) is 0.769. The van der Waals surface area contributed by atoms with Gasteiger partial charge in [-0.05, 0) is 12.3 Å². The van der Waals surface area contributed by atoms with Gasteiger partial charge in [0.1, 0.15) is 0 Å². The Balaban J connectivity index is 2.24. The molecule has 15 heavy (non-hydrogen) atoms. The van der Waals surface area contributed by atoms with E-state index in [1.807, 2.05) is 12.5 Å². The van der Waals surface area contributed by atoms with Crippen LogP contribution in [0.3, 0.4) is 0 Å². The minimum atomic E-state index is 0.914. The van der Waals surface area contributed by atoms with Gasteiger partial charge in [0, 0.05) is 18.9 Å². The number of aryl methyl sites for hydroxylation is 1. The van der Waals surface area contributed by atoms with E-state index in [-0.39, 0.29) is 0 Å². The van der Waals surface area contributed by atoms with Crippen molar-refractivity contribution in [2.45, 2.75) is 58.9 Å². The number of rotatable bonds is 8. The van der Waals surface area contributed by atoms with E-state index in [1.165, 1.54) is 38.5 Å².